The molecule has 3 rings (SSSR count). The van der Waals surface area contributed by atoms with Crippen LogP contribution in [0, 0.1) is 11.8 Å². The molecule has 0 aromatic heterocycles. The van der Waals surface area contributed by atoms with Crippen LogP contribution in [0.1, 0.15) is 78.6 Å². The highest BCUT2D eigenvalue weighted by atomic mass is 16.6. The van der Waals surface area contributed by atoms with E-state index in [0.717, 1.165) is 12.3 Å². The van der Waals surface area contributed by atoms with Crippen LogP contribution in [0.2, 0.25) is 0 Å². The minimum atomic E-state index is -0.503. The van der Waals surface area contributed by atoms with Crippen molar-refractivity contribution in [3.8, 4) is 0 Å². The smallest absolute Gasteiger partial charge is 0.410 e. The number of hydrogen-bond donors (Lipinski definition) is 0. The Morgan fingerprint density at radius 1 is 0.774 bits per heavy atom. The Morgan fingerprint density at radius 2 is 1.35 bits per heavy atom. The van der Waals surface area contributed by atoms with E-state index in [9.17, 15) is 14.4 Å². The summed E-state index contributed by atoms with van der Waals surface area (Å²) in [5, 5.41) is 0. The second-order valence-electron chi connectivity index (χ2n) is 10.5. The number of rotatable bonds is 4. The summed E-state index contributed by atoms with van der Waals surface area (Å²) < 4.78 is 5.44. The molecular formula is C24H41N3O4. The second kappa shape index (κ2) is 10.7. The number of amides is 3. The molecule has 3 amide bonds. The minimum absolute atomic E-state index is 0.0350. The number of hydrogen-bond acceptors (Lipinski definition) is 4. The number of carbonyl (C=O) groups excluding carboxylic acids is 3. The first kappa shape index (κ1) is 23.9. The molecule has 1 saturated carbocycles. The average molecular weight is 436 g/mol. The molecule has 0 aromatic rings. The summed E-state index contributed by atoms with van der Waals surface area (Å²) in [6, 6.07) is 0. The molecule has 3 fully saturated rings. The molecule has 3 aliphatic rings. The highest BCUT2D eigenvalue weighted by molar-refractivity contribution is 5.80. The molecule has 0 aromatic carbocycles. The molecule has 7 nitrogen and oxygen atoms in total. The Kier molecular flexibility index (Phi) is 8.23. The van der Waals surface area contributed by atoms with Gasteiger partial charge in [0.15, 0.2) is 0 Å². The fourth-order valence-electron chi connectivity index (χ4n) is 5.03. The molecule has 0 radical (unpaired) electrons. The van der Waals surface area contributed by atoms with Crippen molar-refractivity contribution in [1.29, 1.82) is 0 Å². The molecule has 176 valence electrons. The Hall–Kier alpha value is -1.79. The van der Waals surface area contributed by atoms with Gasteiger partial charge in [-0.25, -0.2) is 4.79 Å². The van der Waals surface area contributed by atoms with E-state index in [4.69, 9.17) is 4.74 Å². The van der Waals surface area contributed by atoms with Gasteiger partial charge in [0.05, 0.1) is 0 Å². The third-order valence-electron chi connectivity index (χ3n) is 6.93. The van der Waals surface area contributed by atoms with E-state index < -0.39 is 5.60 Å². The highest BCUT2D eigenvalue weighted by Gasteiger charge is 2.33. The molecule has 1 aliphatic carbocycles. The number of nitrogens with zero attached hydrogens (tertiary/aromatic N) is 3. The third kappa shape index (κ3) is 7.11. The van der Waals surface area contributed by atoms with Crippen molar-refractivity contribution in [3.63, 3.8) is 0 Å². The zero-order chi connectivity index (χ0) is 22.4. The molecule has 0 N–H and O–H groups in total. The number of likely N-dealkylation sites (tertiary alicyclic amines) is 1. The molecule has 0 unspecified atom stereocenters. The lowest BCUT2D eigenvalue weighted by atomic mass is 9.86. The van der Waals surface area contributed by atoms with Gasteiger partial charge in [-0.2, -0.15) is 0 Å². The maximum atomic E-state index is 13.0. The van der Waals surface area contributed by atoms with Crippen molar-refractivity contribution in [2.24, 2.45) is 11.8 Å². The molecule has 2 saturated heterocycles. The van der Waals surface area contributed by atoms with E-state index in [-0.39, 0.29) is 23.8 Å². The third-order valence-corrected chi connectivity index (χ3v) is 6.93. The fourth-order valence-corrected chi connectivity index (χ4v) is 5.03. The summed E-state index contributed by atoms with van der Waals surface area (Å²) in [4.78, 5) is 43.3. The summed E-state index contributed by atoms with van der Waals surface area (Å²) in [7, 11) is 0. The molecule has 0 bridgehead atoms. The van der Waals surface area contributed by atoms with E-state index in [1.807, 2.05) is 30.6 Å². The van der Waals surface area contributed by atoms with E-state index in [1.54, 1.807) is 4.90 Å². The number of carbonyl (C=O) groups is 3. The molecule has 2 aliphatic heterocycles. The average Bonchev–Trinajstić information content (AvgIpc) is 2.77. The maximum Gasteiger partial charge on any atom is 0.410 e. The van der Waals surface area contributed by atoms with Gasteiger partial charge in [0, 0.05) is 51.6 Å². The zero-order valence-electron chi connectivity index (χ0n) is 19.7. The van der Waals surface area contributed by atoms with E-state index in [2.05, 4.69) is 0 Å². The largest absolute Gasteiger partial charge is 0.444 e. The lowest BCUT2D eigenvalue weighted by Gasteiger charge is -2.39. The summed E-state index contributed by atoms with van der Waals surface area (Å²) in [5.74, 6) is 1.13. The van der Waals surface area contributed by atoms with E-state index in [1.165, 1.54) is 32.1 Å². The first-order valence-electron chi connectivity index (χ1n) is 12.3. The van der Waals surface area contributed by atoms with Crippen molar-refractivity contribution >= 4 is 17.9 Å². The van der Waals surface area contributed by atoms with Gasteiger partial charge in [0.1, 0.15) is 5.60 Å². The molecule has 0 spiro atoms. The quantitative estimate of drug-likeness (QED) is 0.676. The van der Waals surface area contributed by atoms with Gasteiger partial charge in [0.25, 0.3) is 0 Å². The fraction of sp³-hybridized carbons (Fsp3) is 0.875. The predicted octanol–water partition coefficient (Wildman–Crippen LogP) is 3.66. The maximum absolute atomic E-state index is 13.0. The monoisotopic (exact) mass is 435 g/mol. The zero-order valence-corrected chi connectivity index (χ0v) is 19.7. The van der Waals surface area contributed by atoms with E-state index >= 15 is 0 Å². The van der Waals surface area contributed by atoms with Gasteiger partial charge in [-0.05, 0) is 46.0 Å². The highest BCUT2D eigenvalue weighted by Crippen LogP contribution is 2.28. The van der Waals surface area contributed by atoms with Crippen LogP contribution in [-0.4, -0.2) is 77.5 Å². The van der Waals surface area contributed by atoms with Crippen LogP contribution < -0.4 is 0 Å². The Balaban J connectivity index is 1.36. The van der Waals surface area contributed by atoms with E-state index in [0.29, 0.717) is 58.5 Å². The van der Waals surface area contributed by atoms with Crippen LogP contribution in [0.15, 0.2) is 0 Å². The molecular weight excluding hydrogens is 394 g/mol. The van der Waals surface area contributed by atoms with Crippen molar-refractivity contribution < 1.29 is 19.1 Å². The Labute approximate surface area is 187 Å². The standard InChI is InChI=1S/C24H41N3O4/c1-24(2,3)31-23(30)27-13-11-20(12-14-27)22(29)26-17-15-25(16-18-26)21(28)10-9-19-7-5-4-6-8-19/h19-20H,4-18H2,1-3H3. The minimum Gasteiger partial charge on any atom is -0.444 e. The van der Waals surface area contributed by atoms with Crippen molar-refractivity contribution in [1.82, 2.24) is 14.7 Å². The van der Waals surface area contributed by atoms with Gasteiger partial charge < -0.3 is 19.4 Å². The van der Waals surface area contributed by atoms with Gasteiger partial charge >= 0.3 is 6.09 Å². The topological polar surface area (TPSA) is 70.2 Å². The van der Waals surface area contributed by atoms with Gasteiger partial charge in [-0.15, -0.1) is 0 Å². The lowest BCUT2D eigenvalue weighted by molar-refractivity contribution is -0.143. The number of piperazine rings is 1. The molecule has 0 atom stereocenters. The van der Waals surface area contributed by atoms with Gasteiger partial charge in [0.2, 0.25) is 11.8 Å². The van der Waals surface area contributed by atoms with Crippen LogP contribution in [0.4, 0.5) is 4.79 Å². The van der Waals surface area contributed by atoms with Crippen LogP contribution in [-0.2, 0) is 14.3 Å². The lowest BCUT2D eigenvalue weighted by Crippen LogP contribution is -2.53. The van der Waals surface area contributed by atoms with Gasteiger partial charge in [-0.1, -0.05) is 32.1 Å². The van der Waals surface area contributed by atoms with Crippen molar-refractivity contribution in [2.75, 3.05) is 39.3 Å². The molecule has 2 heterocycles. The van der Waals surface area contributed by atoms with Crippen molar-refractivity contribution in [2.45, 2.75) is 84.2 Å². The van der Waals surface area contributed by atoms with Crippen LogP contribution in [0.3, 0.4) is 0 Å². The molecule has 31 heavy (non-hydrogen) atoms. The van der Waals surface area contributed by atoms with Crippen LogP contribution in [0.5, 0.6) is 0 Å². The number of ether oxygens (including phenoxy) is 1. The first-order valence-corrected chi connectivity index (χ1v) is 12.3. The predicted molar refractivity (Wildman–Crippen MR) is 120 cm³/mol. The Bertz CT molecular complexity index is 623. The van der Waals surface area contributed by atoms with Crippen LogP contribution in [0.25, 0.3) is 0 Å². The van der Waals surface area contributed by atoms with Crippen molar-refractivity contribution in [3.05, 3.63) is 0 Å². The van der Waals surface area contributed by atoms with Gasteiger partial charge in [-0.3, -0.25) is 9.59 Å². The van der Waals surface area contributed by atoms with Crippen LogP contribution >= 0.6 is 0 Å². The summed E-state index contributed by atoms with van der Waals surface area (Å²) in [5.41, 5.74) is -0.503. The summed E-state index contributed by atoms with van der Waals surface area (Å²) in [6.07, 6.45) is 9.28. The summed E-state index contributed by atoms with van der Waals surface area (Å²) in [6.45, 7) is 9.25. The normalized spacial score (nSPS) is 21.8. The second-order valence-corrected chi connectivity index (χ2v) is 10.5. The SMILES string of the molecule is CC(C)(C)OC(=O)N1CCC(C(=O)N2CCN(C(=O)CCC3CCCCC3)CC2)CC1. The molecule has 7 heteroatoms. The summed E-state index contributed by atoms with van der Waals surface area (Å²) >= 11 is 0. The Morgan fingerprint density at radius 3 is 1.94 bits per heavy atom. The number of piperidine rings is 1. The first-order chi connectivity index (χ1) is 14.7.